The van der Waals surface area contributed by atoms with Crippen molar-refractivity contribution in [3.8, 4) is 0 Å². The predicted octanol–water partition coefficient (Wildman–Crippen LogP) is 1.54. The monoisotopic (exact) mass is 220 g/mol. The van der Waals surface area contributed by atoms with Crippen molar-refractivity contribution >= 4 is 22.8 Å². The van der Waals surface area contributed by atoms with Crippen molar-refractivity contribution < 1.29 is 0 Å². The van der Waals surface area contributed by atoms with E-state index in [0.717, 1.165) is 24.0 Å². The first-order chi connectivity index (χ1) is 7.74. The van der Waals surface area contributed by atoms with Gasteiger partial charge in [0.15, 0.2) is 5.65 Å². The molecule has 0 saturated heterocycles. The highest BCUT2D eigenvalue weighted by atomic mass is 15.2. The van der Waals surface area contributed by atoms with Gasteiger partial charge in [-0.05, 0) is 12.8 Å². The van der Waals surface area contributed by atoms with Crippen LogP contribution in [-0.2, 0) is 0 Å². The van der Waals surface area contributed by atoms with E-state index in [-0.39, 0.29) is 5.95 Å². The molecule has 0 saturated carbocycles. The first-order valence-corrected chi connectivity index (χ1v) is 5.47. The van der Waals surface area contributed by atoms with Crippen molar-refractivity contribution in [2.75, 3.05) is 11.1 Å². The molecule has 0 aliphatic heterocycles. The number of fused-ring (bicyclic) bond motifs is 1. The van der Waals surface area contributed by atoms with Crippen LogP contribution in [0.15, 0.2) is 6.20 Å². The molecule has 2 aromatic heterocycles. The van der Waals surface area contributed by atoms with Crippen LogP contribution >= 0.6 is 0 Å². The fraction of sp³-hybridized carbons (Fsp3) is 0.500. The summed E-state index contributed by atoms with van der Waals surface area (Å²) in [7, 11) is 0. The third-order valence-electron chi connectivity index (χ3n) is 2.65. The maximum atomic E-state index is 5.63. The Labute approximate surface area is 93.7 Å². The third-order valence-corrected chi connectivity index (χ3v) is 2.65. The number of nitrogens with one attached hydrogen (secondary N) is 2. The molecule has 0 fully saturated rings. The SMILES string of the molecule is CCC(CC)Nc1nc(N)nc2[nH]ncc12. The molecule has 0 aromatic carbocycles. The molecule has 86 valence electrons. The Morgan fingerprint density at radius 2 is 2.12 bits per heavy atom. The third kappa shape index (κ3) is 1.91. The summed E-state index contributed by atoms with van der Waals surface area (Å²) in [5, 5.41) is 11.0. The Bertz CT molecular complexity index is 473. The molecular formula is C10H16N6. The second-order valence-electron chi connectivity index (χ2n) is 3.72. The van der Waals surface area contributed by atoms with Crippen LogP contribution in [0, 0.1) is 0 Å². The molecule has 2 heterocycles. The summed E-state index contributed by atoms with van der Waals surface area (Å²) in [5.41, 5.74) is 6.30. The summed E-state index contributed by atoms with van der Waals surface area (Å²) in [5.74, 6) is 1.01. The smallest absolute Gasteiger partial charge is 0.224 e. The zero-order valence-electron chi connectivity index (χ0n) is 9.49. The molecule has 0 aliphatic rings. The molecule has 4 N–H and O–H groups in total. The lowest BCUT2D eigenvalue weighted by Gasteiger charge is -2.15. The number of nitrogens with zero attached hydrogens (tertiary/aromatic N) is 3. The molecule has 0 aliphatic carbocycles. The molecule has 0 unspecified atom stereocenters. The van der Waals surface area contributed by atoms with Crippen molar-refractivity contribution in [1.29, 1.82) is 0 Å². The highest BCUT2D eigenvalue weighted by molar-refractivity contribution is 5.86. The van der Waals surface area contributed by atoms with Crippen molar-refractivity contribution in [2.45, 2.75) is 32.7 Å². The summed E-state index contributed by atoms with van der Waals surface area (Å²) < 4.78 is 0. The molecule has 0 bridgehead atoms. The number of H-pyrrole nitrogens is 1. The summed E-state index contributed by atoms with van der Waals surface area (Å²) in [4.78, 5) is 8.27. The highest BCUT2D eigenvalue weighted by Gasteiger charge is 2.10. The molecule has 2 aromatic rings. The minimum atomic E-state index is 0.255. The van der Waals surface area contributed by atoms with Crippen LogP contribution in [0.2, 0.25) is 0 Å². The van der Waals surface area contributed by atoms with E-state index < -0.39 is 0 Å². The number of aromatic nitrogens is 4. The van der Waals surface area contributed by atoms with Gasteiger partial charge in [-0.15, -0.1) is 0 Å². The van der Waals surface area contributed by atoms with Gasteiger partial charge in [0.25, 0.3) is 0 Å². The Balaban J connectivity index is 2.38. The van der Waals surface area contributed by atoms with E-state index in [4.69, 9.17) is 5.73 Å². The van der Waals surface area contributed by atoms with Crippen LogP contribution in [0.3, 0.4) is 0 Å². The van der Waals surface area contributed by atoms with Gasteiger partial charge in [-0.2, -0.15) is 15.1 Å². The average Bonchev–Trinajstić information content (AvgIpc) is 2.73. The van der Waals surface area contributed by atoms with Crippen LogP contribution in [0.4, 0.5) is 11.8 Å². The maximum absolute atomic E-state index is 5.63. The molecular weight excluding hydrogens is 204 g/mol. The molecule has 0 amide bonds. The molecule has 2 rings (SSSR count). The lowest BCUT2D eigenvalue weighted by molar-refractivity contribution is 0.669. The number of nitrogens with two attached hydrogens (primary N) is 1. The number of hydrogen-bond acceptors (Lipinski definition) is 5. The van der Waals surface area contributed by atoms with Crippen LogP contribution in [0.1, 0.15) is 26.7 Å². The van der Waals surface area contributed by atoms with Gasteiger partial charge in [-0.3, -0.25) is 5.10 Å². The number of rotatable bonds is 4. The lowest BCUT2D eigenvalue weighted by Crippen LogP contribution is -2.18. The van der Waals surface area contributed by atoms with Gasteiger partial charge in [-0.25, -0.2) is 0 Å². The van der Waals surface area contributed by atoms with Crippen molar-refractivity contribution in [3.05, 3.63) is 6.20 Å². The number of anilines is 2. The van der Waals surface area contributed by atoms with E-state index >= 15 is 0 Å². The molecule has 0 radical (unpaired) electrons. The van der Waals surface area contributed by atoms with Crippen molar-refractivity contribution in [3.63, 3.8) is 0 Å². The number of aromatic amines is 1. The summed E-state index contributed by atoms with van der Waals surface area (Å²) in [6.07, 6.45) is 3.79. The standard InChI is InChI=1S/C10H16N6/c1-3-6(4-2)13-8-7-5-12-16-9(7)15-10(11)14-8/h5-6H,3-4H2,1-2H3,(H4,11,12,13,14,15,16). The maximum Gasteiger partial charge on any atom is 0.224 e. The minimum Gasteiger partial charge on any atom is -0.368 e. The molecule has 16 heavy (non-hydrogen) atoms. The van der Waals surface area contributed by atoms with E-state index in [1.54, 1.807) is 6.20 Å². The molecule has 0 atom stereocenters. The van der Waals surface area contributed by atoms with Crippen LogP contribution in [-0.4, -0.2) is 26.2 Å². The average molecular weight is 220 g/mol. The topological polar surface area (TPSA) is 92.5 Å². The second kappa shape index (κ2) is 4.34. The normalized spacial score (nSPS) is 11.2. The van der Waals surface area contributed by atoms with Gasteiger partial charge in [-0.1, -0.05) is 13.8 Å². The van der Waals surface area contributed by atoms with Crippen LogP contribution < -0.4 is 11.1 Å². The Hall–Kier alpha value is -1.85. The van der Waals surface area contributed by atoms with Crippen molar-refractivity contribution in [1.82, 2.24) is 20.2 Å². The van der Waals surface area contributed by atoms with Gasteiger partial charge in [0, 0.05) is 6.04 Å². The first kappa shape index (κ1) is 10.7. The van der Waals surface area contributed by atoms with Gasteiger partial charge in [0.1, 0.15) is 5.82 Å². The number of hydrogen-bond donors (Lipinski definition) is 3. The zero-order chi connectivity index (χ0) is 11.5. The number of nitrogen functional groups attached to an aromatic ring is 1. The fourth-order valence-corrected chi connectivity index (χ4v) is 1.65. The zero-order valence-corrected chi connectivity index (χ0v) is 9.49. The summed E-state index contributed by atoms with van der Waals surface area (Å²) in [6.45, 7) is 4.27. The molecule has 0 spiro atoms. The van der Waals surface area contributed by atoms with E-state index in [1.807, 2.05) is 0 Å². The van der Waals surface area contributed by atoms with E-state index in [0.29, 0.717) is 11.7 Å². The molecule has 6 heteroatoms. The summed E-state index contributed by atoms with van der Waals surface area (Å²) in [6, 6.07) is 0.396. The van der Waals surface area contributed by atoms with Gasteiger partial charge in [0.2, 0.25) is 5.95 Å². The van der Waals surface area contributed by atoms with Crippen molar-refractivity contribution in [2.24, 2.45) is 0 Å². The Kier molecular flexibility index (Phi) is 2.89. The quantitative estimate of drug-likeness (QED) is 0.726. The Morgan fingerprint density at radius 3 is 2.81 bits per heavy atom. The second-order valence-corrected chi connectivity index (χ2v) is 3.72. The molecule has 6 nitrogen and oxygen atoms in total. The van der Waals surface area contributed by atoms with Gasteiger partial charge < -0.3 is 11.1 Å². The fourth-order valence-electron chi connectivity index (χ4n) is 1.65. The van der Waals surface area contributed by atoms with Gasteiger partial charge >= 0.3 is 0 Å². The van der Waals surface area contributed by atoms with Gasteiger partial charge in [0.05, 0.1) is 11.6 Å². The van der Waals surface area contributed by atoms with E-state index in [2.05, 4.69) is 39.3 Å². The lowest BCUT2D eigenvalue weighted by atomic mass is 10.2. The highest BCUT2D eigenvalue weighted by Crippen LogP contribution is 2.20. The van der Waals surface area contributed by atoms with Crippen LogP contribution in [0.5, 0.6) is 0 Å². The minimum absolute atomic E-state index is 0.255. The first-order valence-electron chi connectivity index (χ1n) is 5.47. The van der Waals surface area contributed by atoms with Crippen LogP contribution in [0.25, 0.3) is 11.0 Å². The van der Waals surface area contributed by atoms with E-state index in [1.165, 1.54) is 0 Å². The predicted molar refractivity (Wildman–Crippen MR) is 64.1 cm³/mol. The van der Waals surface area contributed by atoms with E-state index in [9.17, 15) is 0 Å². The summed E-state index contributed by atoms with van der Waals surface area (Å²) >= 11 is 0. The Morgan fingerprint density at radius 1 is 1.38 bits per heavy atom. The largest absolute Gasteiger partial charge is 0.368 e.